The zero-order valence-electron chi connectivity index (χ0n) is 18.3. The summed E-state index contributed by atoms with van der Waals surface area (Å²) in [4.78, 5) is 37.9. The molecule has 1 amide bonds. The van der Waals surface area contributed by atoms with Crippen LogP contribution in [-0.2, 0) is 19.1 Å². The Kier molecular flexibility index (Phi) is 6.35. The van der Waals surface area contributed by atoms with E-state index in [9.17, 15) is 19.5 Å². The van der Waals surface area contributed by atoms with Crippen molar-refractivity contribution in [3.05, 3.63) is 40.3 Å². The molecule has 0 unspecified atom stereocenters. The van der Waals surface area contributed by atoms with Crippen LogP contribution in [-0.4, -0.2) is 41.8 Å². The molecule has 3 heterocycles. The predicted octanol–water partition coefficient (Wildman–Crippen LogP) is 4.42. The number of esters is 1. The maximum Gasteiger partial charge on any atom is 0.341 e. The number of rotatable bonds is 7. The van der Waals surface area contributed by atoms with Gasteiger partial charge in [-0.05, 0) is 44.2 Å². The number of benzene rings is 1. The molecule has 8 heteroatoms. The highest BCUT2D eigenvalue weighted by Crippen LogP contribution is 2.45. The van der Waals surface area contributed by atoms with Gasteiger partial charge in [0.1, 0.15) is 10.6 Å². The molecular formula is C24H27NO6S. The minimum Gasteiger partial charge on any atom is -0.481 e. The summed E-state index contributed by atoms with van der Waals surface area (Å²) in [6, 6.07) is 5.97. The maximum absolute atomic E-state index is 13.2. The van der Waals surface area contributed by atoms with Gasteiger partial charge in [-0.15, -0.1) is 11.3 Å². The Labute approximate surface area is 190 Å². The largest absolute Gasteiger partial charge is 0.481 e. The molecular weight excluding hydrogens is 430 g/mol. The van der Waals surface area contributed by atoms with Gasteiger partial charge in [0.2, 0.25) is 5.91 Å². The number of anilines is 1. The van der Waals surface area contributed by atoms with Gasteiger partial charge >= 0.3 is 11.9 Å². The third-order valence-corrected chi connectivity index (χ3v) is 7.10. The Balaban J connectivity index is 1.68. The van der Waals surface area contributed by atoms with Crippen LogP contribution in [0.3, 0.4) is 0 Å². The number of carbonyl (C=O) groups is 3. The fourth-order valence-corrected chi connectivity index (χ4v) is 5.70. The molecule has 1 aromatic carbocycles. The first-order valence-corrected chi connectivity index (χ1v) is 11.7. The summed E-state index contributed by atoms with van der Waals surface area (Å²) < 4.78 is 11.1. The second kappa shape index (κ2) is 9.03. The first-order valence-electron chi connectivity index (χ1n) is 10.9. The number of amides is 1. The van der Waals surface area contributed by atoms with Crippen LogP contribution >= 0.6 is 11.3 Å². The van der Waals surface area contributed by atoms with Gasteiger partial charge in [-0.2, -0.15) is 0 Å². The second-order valence-electron chi connectivity index (χ2n) is 8.48. The smallest absolute Gasteiger partial charge is 0.341 e. The molecule has 2 fully saturated rings. The van der Waals surface area contributed by atoms with Crippen molar-refractivity contribution in [2.45, 2.75) is 52.2 Å². The lowest BCUT2D eigenvalue weighted by Gasteiger charge is -2.23. The summed E-state index contributed by atoms with van der Waals surface area (Å²) in [6.45, 7) is 6.16. The average molecular weight is 458 g/mol. The topological polar surface area (TPSA) is 102 Å². The molecule has 32 heavy (non-hydrogen) atoms. The minimum atomic E-state index is -1.03. The van der Waals surface area contributed by atoms with Crippen molar-refractivity contribution in [2.24, 2.45) is 11.8 Å². The number of carboxylic acids is 1. The molecule has 7 nitrogen and oxygen atoms in total. The van der Waals surface area contributed by atoms with E-state index in [0.717, 1.165) is 16.7 Å². The number of ether oxygens (including phenoxy) is 2. The molecule has 0 spiro atoms. The molecule has 2 saturated heterocycles. The van der Waals surface area contributed by atoms with Crippen LogP contribution in [0.25, 0.3) is 11.1 Å². The summed E-state index contributed by atoms with van der Waals surface area (Å²) in [5, 5.41) is 14.7. The molecule has 2 aromatic rings. The Bertz CT molecular complexity index is 1060. The number of hydrogen-bond acceptors (Lipinski definition) is 6. The molecule has 4 atom stereocenters. The molecule has 2 bridgehead atoms. The van der Waals surface area contributed by atoms with Crippen molar-refractivity contribution in [2.75, 3.05) is 11.9 Å². The van der Waals surface area contributed by atoms with Crippen LogP contribution in [0, 0.1) is 25.7 Å². The molecule has 0 radical (unpaired) electrons. The summed E-state index contributed by atoms with van der Waals surface area (Å²) in [5.41, 5.74) is 4.02. The van der Waals surface area contributed by atoms with E-state index in [1.54, 1.807) is 0 Å². The second-order valence-corrected chi connectivity index (χ2v) is 9.36. The van der Waals surface area contributed by atoms with E-state index in [0.29, 0.717) is 35.4 Å². The van der Waals surface area contributed by atoms with Crippen molar-refractivity contribution in [1.82, 2.24) is 0 Å². The lowest BCUT2D eigenvalue weighted by atomic mass is 9.78. The van der Waals surface area contributed by atoms with Crippen LogP contribution in [0.5, 0.6) is 0 Å². The van der Waals surface area contributed by atoms with Gasteiger partial charge in [0.05, 0.1) is 30.7 Å². The van der Waals surface area contributed by atoms with Gasteiger partial charge in [0, 0.05) is 10.9 Å². The Morgan fingerprint density at radius 2 is 1.88 bits per heavy atom. The fraction of sp³-hybridized carbons (Fsp3) is 0.458. The number of hydrogen-bond donors (Lipinski definition) is 2. The minimum absolute atomic E-state index is 0.274. The van der Waals surface area contributed by atoms with Crippen LogP contribution < -0.4 is 5.32 Å². The SMILES string of the molecule is CCCOC(=O)c1c(-c2ccc(C)cc2C)csc1NC(=O)[C@@H]1[C@@H](C(=O)O)[C@H]2CC[C@@H]1O2. The van der Waals surface area contributed by atoms with Gasteiger partial charge in [-0.25, -0.2) is 4.79 Å². The van der Waals surface area contributed by atoms with Crippen molar-refractivity contribution in [3.63, 3.8) is 0 Å². The maximum atomic E-state index is 13.2. The standard InChI is InChI=1S/C24H27NO6S/c1-4-9-30-24(29)18-15(14-6-5-12(2)10-13(14)3)11-32-22(18)25-21(26)19-16-7-8-17(31-16)20(19)23(27)28/h5-6,10-11,16-17,19-20H,4,7-9H2,1-3H3,(H,25,26)(H,27,28)/t16-,17+,19-,20-/m0/s1. The van der Waals surface area contributed by atoms with Crippen LogP contribution in [0.4, 0.5) is 5.00 Å². The molecule has 1 aromatic heterocycles. The highest BCUT2D eigenvalue weighted by molar-refractivity contribution is 7.15. The number of carbonyl (C=O) groups excluding carboxylic acids is 2. The third-order valence-electron chi connectivity index (χ3n) is 6.20. The molecule has 2 aliphatic heterocycles. The van der Waals surface area contributed by atoms with E-state index in [-0.39, 0.29) is 6.61 Å². The summed E-state index contributed by atoms with van der Waals surface area (Å²) in [5.74, 6) is -3.61. The third kappa shape index (κ3) is 4.04. The van der Waals surface area contributed by atoms with Gasteiger partial charge in [0.15, 0.2) is 0 Å². The zero-order valence-corrected chi connectivity index (χ0v) is 19.2. The van der Waals surface area contributed by atoms with Crippen molar-refractivity contribution in [1.29, 1.82) is 0 Å². The number of nitrogens with one attached hydrogen (secondary N) is 1. The monoisotopic (exact) mass is 457 g/mol. The van der Waals surface area contributed by atoms with Crippen LogP contribution in [0.1, 0.15) is 47.7 Å². The highest BCUT2D eigenvalue weighted by Gasteiger charge is 2.55. The molecule has 4 rings (SSSR count). The van der Waals surface area contributed by atoms with Crippen molar-refractivity contribution < 1.29 is 29.0 Å². The van der Waals surface area contributed by atoms with E-state index < -0.39 is 41.9 Å². The van der Waals surface area contributed by atoms with Crippen LogP contribution in [0.2, 0.25) is 0 Å². The van der Waals surface area contributed by atoms with E-state index in [2.05, 4.69) is 5.32 Å². The van der Waals surface area contributed by atoms with Gasteiger partial charge in [-0.3, -0.25) is 9.59 Å². The fourth-order valence-electron chi connectivity index (χ4n) is 4.75. The molecule has 2 N–H and O–H groups in total. The molecule has 0 aliphatic carbocycles. The average Bonchev–Trinajstić information content (AvgIpc) is 3.46. The molecule has 2 aliphatic rings. The number of carboxylic acid groups (broad SMARTS) is 1. The van der Waals surface area contributed by atoms with E-state index in [1.165, 1.54) is 11.3 Å². The van der Waals surface area contributed by atoms with Crippen LogP contribution in [0.15, 0.2) is 23.6 Å². The van der Waals surface area contributed by atoms with E-state index in [1.807, 2.05) is 44.4 Å². The van der Waals surface area contributed by atoms with E-state index >= 15 is 0 Å². The highest BCUT2D eigenvalue weighted by atomic mass is 32.1. The number of fused-ring (bicyclic) bond motifs is 2. The Morgan fingerprint density at radius 3 is 2.53 bits per heavy atom. The normalized spacial score (nSPS) is 23.8. The summed E-state index contributed by atoms with van der Waals surface area (Å²) in [7, 11) is 0. The number of aryl methyl sites for hydroxylation is 2. The first-order chi connectivity index (χ1) is 15.3. The molecule has 0 saturated carbocycles. The zero-order chi connectivity index (χ0) is 23.0. The predicted molar refractivity (Wildman–Crippen MR) is 121 cm³/mol. The summed E-state index contributed by atoms with van der Waals surface area (Å²) >= 11 is 1.24. The number of thiophene rings is 1. The van der Waals surface area contributed by atoms with Gasteiger partial charge < -0.3 is 19.9 Å². The lowest BCUT2D eigenvalue weighted by Crippen LogP contribution is -2.41. The lowest BCUT2D eigenvalue weighted by molar-refractivity contribution is -0.147. The van der Waals surface area contributed by atoms with E-state index in [4.69, 9.17) is 9.47 Å². The van der Waals surface area contributed by atoms with Gasteiger partial charge in [0.25, 0.3) is 0 Å². The van der Waals surface area contributed by atoms with Gasteiger partial charge in [-0.1, -0.05) is 30.7 Å². The Hall–Kier alpha value is -2.71. The molecule has 170 valence electrons. The summed E-state index contributed by atoms with van der Waals surface area (Å²) in [6.07, 6.45) is 1.15. The first kappa shape index (κ1) is 22.5. The van der Waals surface area contributed by atoms with Crippen molar-refractivity contribution >= 4 is 34.2 Å². The number of aliphatic carboxylic acids is 1. The quantitative estimate of drug-likeness (QED) is 0.597. The van der Waals surface area contributed by atoms with Crippen molar-refractivity contribution in [3.8, 4) is 11.1 Å². The Morgan fingerprint density at radius 1 is 1.16 bits per heavy atom.